The summed E-state index contributed by atoms with van der Waals surface area (Å²) in [5.74, 6) is -2.60. The van der Waals surface area contributed by atoms with E-state index in [4.69, 9.17) is 9.84 Å². The average Bonchev–Trinajstić information content (AvgIpc) is 2.68. The number of nitrogens with zero attached hydrogens (tertiary/aromatic N) is 1. The second-order valence-electron chi connectivity index (χ2n) is 4.53. The van der Waals surface area contributed by atoms with Gasteiger partial charge in [0, 0.05) is 0 Å². The number of carbonyl (C=O) groups excluding carboxylic acids is 2. The molecule has 94 valence electrons. The number of carboxylic acids is 1. The fraction of sp³-hybridized carbons (Fsp3) is 0.700. The number of hydrogen-bond acceptors (Lipinski definition) is 5. The highest BCUT2D eigenvalue weighted by Crippen LogP contribution is 2.29. The van der Waals surface area contributed by atoms with Crippen molar-refractivity contribution in [3.8, 4) is 0 Å². The summed E-state index contributed by atoms with van der Waals surface area (Å²) in [6.07, 6.45) is -0.438. The molecule has 0 aliphatic carbocycles. The lowest BCUT2D eigenvalue weighted by molar-refractivity contribution is -0.176. The monoisotopic (exact) mass is 243 g/mol. The van der Waals surface area contributed by atoms with Crippen LogP contribution < -0.4 is 0 Å². The van der Waals surface area contributed by atoms with Crippen LogP contribution in [0.3, 0.4) is 0 Å². The molecule has 2 rings (SSSR count). The zero-order valence-electron chi connectivity index (χ0n) is 9.25. The molecule has 3 unspecified atom stereocenters. The zero-order valence-corrected chi connectivity index (χ0v) is 9.25. The van der Waals surface area contributed by atoms with Crippen molar-refractivity contribution in [1.29, 1.82) is 0 Å². The third-order valence-electron chi connectivity index (χ3n) is 3.03. The van der Waals surface area contributed by atoms with Gasteiger partial charge in [-0.25, -0.2) is 4.79 Å². The summed E-state index contributed by atoms with van der Waals surface area (Å²) < 4.78 is 5.16. The molecule has 2 aliphatic rings. The van der Waals surface area contributed by atoms with E-state index in [1.165, 1.54) is 0 Å². The zero-order chi connectivity index (χ0) is 12.8. The molecule has 2 fully saturated rings. The Labute approximate surface area is 97.0 Å². The molecule has 0 spiro atoms. The minimum absolute atomic E-state index is 0.459. The molecule has 2 aliphatic heterocycles. The van der Waals surface area contributed by atoms with Crippen molar-refractivity contribution in [2.24, 2.45) is 0 Å². The number of amides is 2. The molecule has 2 saturated heterocycles. The standard InChI is InChI=1S/C10H13NO6/c1-10(16,9(14)15)4-11-7(12)5-2-3-6(17-5)8(11)13/h5-6,16H,2-4H2,1H3,(H,14,15). The van der Waals surface area contributed by atoms with Crippen LogP contribution in [0.4, 0.5) is 0 Å². The van der Waals surface area contributed by atoms with Crippen molar-refractivity contribution in [3.63, 3.8) is 0 Å². The van der Waals surface area contributed by atoms with Gasteiger partial charge in [0.2, 0.25) is 0 Å². The highest BCUT2D eigenvalue weighted by Gasteiger charge is 2.49. The number of fused-ring (bicyclic) bond motifs is 2. The molecule has 7 nitrogen and oxygen atoms in total. The molecule has 7 heteroatoms. The molecule has 0 aromatic rings. The first-order chi connectivity index (χ1) is 7.83. The molecule has 17 heavy (non-hydrogen) atoms. The SMILES string of the molecule is CC(O)(CN1C(=O)C2CCC(O2)C1=O)C(=O)O. The van der Waals surface area contributed by atoms with E-state index in [9.17, 15) is 19.5 Å². The Kier molecular flexibility index (Phi) is 2.67. The van der Waals surface area contributed by atoms with Gasteiger partial charge in [0.25, 0.3) is 11.8 Å². The molecule has 2 N–H and O–H groups in total. The maximum atomic E-state index is 11.8. The first-order valence-corrected chi connectivity index (χ1v) is 5.29. The summed E-state index contributed by atoms with van der Waals surface area (Å²) in [5.41, 5.74) is -2.14. The number of ether oxygens (including phenoxy) is 1. The molecular weight excluding hydrogens is 230 g/mol. The Morgan fingerprint density at radius 2 is 1.88 bits per heavy atom. The topological polar surface area (TPSA) is 104 Å². The summed E-state index contributed by atoms with van der Waals surface area (Å²) in [6.45, 7) is 0.504. The van der Waals surface area contributed by atoms with Crippen LogP contribution in [0.1, 0.15) is 19.8 Å². The first kappa shape index (κ1) is 12.0. The molecule has 2 amide bonds. The lowest BCUT2D eigenvalue weighted by Crippen LogP contribution is -2.58. The third-order valence-corrected chi connectivity index (χ3v) is 3.03. The summed E-state index contributed by atoms with van der Waals surface area (Å²) >= 11 is 0. The van der Waals surface area contributed by atoms with Gasteiger partial charge in [0.15, 0.2) is 5.60 Å². The van der Waals surface area contributed by atoms with Crippen LogP contribution >= 0.6 is 0 Å². The molecule has 0 aromatic heterocycles. The van der Waals surface area contributed by atoms with Crippen LogP contribution in [0.2, 0.25) is 0 Å². The van der Waals surface area contributed by atoms with E-state index in [1.807, 2.05) is 0 Å². The minimum Gasteiger partial charge on any atom is -0.479 e. The fourth-order valence-electron chi connectivity index (χ4n) is 1.99. The highest BCUT2D eigenvalue weighted by atomic mass is 16.5. The predicted octanol–water partition coefficient (Wildman–Crippen LogP) is -1.26. The number of carboxylic acid groups (broad SMARTS) is 1. The number of likely N-dealkylation sites (tertiary alicyclic amines) is 1. The summed E-state index contributed by atoms with van der Waals surface area (Å²) in [5, 5.41) is 18.3. The van der Waals surface area contributed by atoms with Gasteiger partial charge in [-0.15, -0.1) is 0 Å². The largest absolute Gasteiger partial charge is 0.479 e. The van der Waals surface area contributed by atoms with Gasteiger partial charge < -0.3 is 14.9 Å². The number of carbonyl (C=O) groups is 3. The number of aliphatic hydroxyl groups is 1. The van der Waals surface area contributed by atoms with E-state index < -0.39 is 42.1 Å². The number of aliphatic carboxylic acids is 1. The van der Waals surface area contributed by atoms with Gasteiger partial charge in [0.1, 0.15) is 12.2 Å². The second-order valence-corrected chi connectivity index (χ2v) is 4.53. The molecule has 0 saturated carbocycles. The van der Waals surface area contributed by atoms with Gasteiger partial charge in [-0.05, 0) is 19.8 Å². The summed E-state index contributed by atoms with van der Waals surface area (Å²) in [4.78, 5) is 35.1. The van der Waals surface area contributed by atoms with Crippen LogP contribution in [0.5, 0.6) is 0 Å². The number of rotatable bonds is 3. The Morgan fingerprint density at radius 1 is 1.41 bits per heavy atom. The van der Waals surface area contributed by atoms with Crippen molar-refractivity contribution in [1.82, 2.24) is 4.90 Å². The van der Waals surface area contributed by atoms with Crippen LogP contribution in [0.25, 0.3) is 0 Å². The molecule has 3 atom stereocenters. The molecule has 2 bridgehead atoms. The molecular formula is C10H13NO6. The Morgan fingerprint density at radius 3 is 2.29 bits per heavy atom. The second kappa shape index (κ2) is 3.78. The quantitative estimate of drug-likeness (QED) is 0.599. The van der Waals surface area contributed by atoms with E-state index in [0.29, 0.717) is 12.8 Å². The highest BCUT2D eigenvalue weighted by molar-refractivity contribution is 6.02. The first-order valence-electron chi connectivity index (χ1n) is 5.29. The van der Waals surface area contributed by atoms with Gasteiger partial charge in [-0.1, -0.05) is 0 Å². The van der Waals surface area contributed by atoms with Gasteiger partial charge in [0.05, 0.1) is 6.54 Å². The van der Waals surface area contributed by atoms with Crippen molar-refractivity contribution >= 4 is 17.8 Å². The Balaban J connectivity index is 2.18. The van der Waals surface area contributed by atoms with E-state index >= 15 is 0 Å². The molecule has 0 aromatic carbocycles. The van der Waals surface area contributed by atoms with E-state index in [-0.39, 0.29) is 0 Å². The predicted molar refractivity (Wildman–Crippen MR) is 52.9 cm³/mol. The van der Waals surface area contributed by atoms with Crippen molar-refractivity contribution in [2.45, 2.75) is 37.6 Å². The van der Waals surface area contributed by atoms with Gasteiger partial charge in [-0.2, -0.15) is 0 Å². The summed E-state index contributed by atoms with van der Waals surface area (Å²) in [6, 6.07) is 0. The van der Waals surface area contributed by atoms with Gasteiger partial charge in [-0.3, -0.25) is 14.5 Å². The lowest BCUT2D eigenvalue weighted by atomic mass is 10.1. The molecule has 2 heterocycles. The van der Waals surface area contributed by atoms with Gasteiger partial charge >= 0.3 is 5.97 Å². The van der Waals surface area contributed by atoms with Crippen molar-refractivity contribution < 1.29 is 29.3 Å². The number of β-amino-alcohol motifs (C(OH)–C–C–N with tert-alkyl or cyclic N) is 1. The van der Waals surface area contributed by atoms with Crippen molar-refractivity contribution in [2.75, 3.05) is 6.54 Å². The maximum Gasteiger partial charge on any atom is 0.337 e. The van der Waals surface area contributed by atoms with Crippen LogP contribution in [-0.2, 0) is 19.1 Å². The smallest absolute Gasteiger partial charge is 0.337 e. The number of hydrogen-bond donors (Lipinski definition) is 2. The van der Waals surface area contributed by atoms with Crippen LogP contribution in [-0.4, -0.2) is 57.3 Å². The third kappa shape index (κ3) is 1.91. The van der Waals surface area contributed by atoms with E-state index in [1.54, 1.807) is 0 Å². The normalized spacial score (nSPS) is 31.5. The average molecular weight is 243 g/mol. The van der Waals surface area contributed by atoms with Crippen LogP contribution in [0.15, 0.2) is 0 Å². The minimum atomic E-state index is -2.14. The fourth-order valence-corrected chi connectivity index (χ4v) is 1.99. The number of imide groups is 1. The van der Waals surface area contributed by atoms with Crippen molar-refractivity contribution in [3.05, 3.63) is 0 Å². The van der Waals surface area contributed by atoms with Crippen LogP contribution in [0, 0.1) is 0 Å². The lowest BCUT2D eigenvalue weighted by Gasteiger charge is -2.33. The summed E-state index contributed by atoms with van der Waals surface area (Å²) in [7, 11) is 0. The van der Waals surface area contributed by atoms with E-state index in [0.717, 1.165) is 11.8 Å². The molecule has 0 radical (unpaired) electrons. The Hall–Kier alpha value is -1.47. The van der Waals surface area contributed by atoms with E-state index in [2.05, 4.69) is 0 Å². The maximum absolute atomic E-state index is 11.8. The Bertz CT molecular complexity index is 368. The number of morpholine rings is 1.